The highest BCUT2D eigenvalue weighted by atomic mass is 15.2. The summed E-state index contributed by atoms with van der Waals surface area (Å²) in [4.78, 5) is 5.03. The second-order valence-corrected chi connectivity index (χ2v) is 6.05. The Morgan fingerprint density at radius 2 is 1.55 bits per heavy atom. The number of hydrogen-bond acceptors (Lipinski definition) is 3. The maximum atomic E-state index is 3.59. The van der Waals surface area contributed by atoms with Crippen molar-refractivity contribution in [3.05, 3.63) is 24.3 Å². The Hall–Kier alpha value is -1.22. The minimum Gasteiger partial charge on any atom is -0.372 e. The average molecular weight is 273 g/mol. The first-order valence-electron chi connectivity index (χ1n) is 8.20. The van der Waals surface area contributed by atoms with E-state index in [0.717, 1.165) is 13.1 Å². The molecule has 3 heteroatoms. The van der Waals surface area contributed by atoms with Crippen LogP contribution in [0.3, 0.4) is 0 Å². The van der Waals surface area contributed by atoms with Crippen LogP contribution in [0.2, 0.25) is 0 Å². The van der Waals surface area contributed by atoms with Crippen molar-refractivity contribution >= 4 is 11.4 Å². The van der Waals surface area contributed by atoms with Crippen molar-refractivity contribution in [3.63, 3.8) is 0 Å². The number of piperidine rings is 1. The van der Waals surface area contributed by atoms with Gasteiger partial charge in [-0.1, -0.05) is 6.92 Å². The number of likely N-dealkylation sites (N-methyl/N-ethyl adjacent to an activating group) is 1. The maximum absolute atomic E-state index is 3.59. The van der Waals surface area contributed by atoms with Crippen LogP contribution in [0.15, 0.2) is 24.3 Å². The first kappa shape index (κ1) is 13.7. The van der Waals surface area contributed by atoms with Gasteiger partial charge in [0.2, 0.25) is 0 Å². The predicted octanol–water partition coefficient (Wildman–Crippen LogP) is 2.87. The zero-order chi connectivity index (χ0) is 13.8. The fourth-order valence-corrected chi connectivity index (χ4v) is 3.52. The topological polar surface area (TPSA) is 18.5 Å². The molecule has 3 rings (SSSR count). The van der Waals surface area contributed by atoms with Gasteiger partial charge in [-0.3, -0.25) is 0 Å². The number of anilines is 2. The van der Waals surface area contributed by atoms with E-state index in [1.54, 1.807) is 0 Å². The molecule has 0 aliphatic carbocycles. The fourth-order valence-electron chi connectivity index (χ4n) is 3.52. The fraction of sp³-hybridized carbons (Fsp3) is 0.647. The zero-order valence-electron chi connectivity index (χ0n) is 12.6. The van der Waals surface area contributed by atoms with E-state index in [2.05, 4.69) is 46.3 Å². The molecule has 1 unspecified atom stereocenters. The van der Waals surface area contributed by atoms with Crippen LogP contribution in [0.4, 0.5) is 11.4 Å². The summed E-state index contributed by atoms with van der Waals surface area (Å²) in [6.07, 6.45) is 5.30. The number of nitrogens with one attached hydrogen (secondary N) is 1. The molecule has 0 spiro atoms. The first-order valence-corrected chi connectivity index (χ1v) is 8.20. The second-order valence-electron chi connectivity index (χ2n) is 6.05. The molecule has 0 amide bonds. The van der Waals surface area contributed by atoms with Crippen molar-refractivity contribution in [2.45, 2.75) is 38.6 Å². The molecule has 1 aromatic rings. The van der Waals surface area contributed by atoms with E-state index >= 15 is 0 Å². The van der Waals surface area contributed by atoms with Gasteiger partial charge in [0.15, 0.2) is 0 Å². The Balaban J connectivity index is 1.64. The van der Waals surface area contributed by atoms with E-state index in [0.29, 0.717) is 6.04 Å². The summed E-state index contributed by atoms with van der Waals surface area (Å²) in [5.41, 5.74) is 2.78. The lowest BCUT2D eigenvalue weighted by molar-refractivity contribution is 0.431. The van der Waals surface area contributed by atoms with Crippen molar-refractivity contribution in [1.29, 1.82) is 0 Å². The Morgan fingerprint density at radius 3 is 2.20 bits per heavy atom. The Kier molecular flexibility index (Phi) is 4.46. The number of rotatable bonds is 4. The van der Waals surface area contributed by atoms with E-state index in [-0.39, 0.29) is 0 Å². The average Bonchev–Trinajstić information content (AvgIpc) is 3.02. The molecule has 0 bridgehead atoms. The Labute approximate surface area is 123 Å². The van der Waals surface area contributed by atoms with Crippen LogP contribution in [0.25, 0.3) is 0 Å². The number of nitrogens with zero attached hydrogens (tertiary/aromatic N) is 2. The smallest absolute Gasteiger partial charge is 0.0368 e. The SMILES string of the molecule is CCNC1CCCN(c2ccc(N3CCCC3)cc2)C1. The van der Waals surface area contributed by atoms with Crippen LogP contribution in [0.5, 0.6) is 0 Å². The summed E-state index contributed by atoms with van der Waals surface area (Å²) in [7, 11) is 0. The van der Waals surface area contributed by atoms with Gasteiger partial charge in [0, 0.05) is 43.6 Å². The van der Waals surface area contributed by atoms with Gasteiger partial charge in [-0.05, 0) is 56.5 Å². The van der Waals surface area contributed by atoms with E-state index in [9.17, 15) is 0 Å². The molecule has 1 atom stereocenters. The van der Waals surface area contributed by atoms with Crippen LogP contribution in [0.1, 0.15) is 32.6 Å². The molecule has 0 aromatic heterocycles. The van der Waals surface area contributed by atoms with E-state index in [4.69, 9.17) is 0 Å². The summed E-state index contributed by atoms with van der Waals surface area (Å²) < 4.78 is 0. The van der Waals surface area contributed by atoms with Crippen molar-refractivity contribution in [2.75, 3.05) is 42.5 Å². The van der Waals surface area contributed by atoms with Gasteiger partial charge >= 0.3 is 0 Å². The summed E-state index contributed by atoms with van der Waals surface area (Å²) in [6.45, 7) is 8.08. The summed E-state index contributed by atoms with van der Waals surface area (Å²) in [6, 6.07) is 9.88. The van der Waals surface area contributed by atoms with Crippen LogP contribution < -0.4 is 15.1 Å². The second kappa shape index (κ2) is 6.49. The monoisotopic (exact) mass is 273 g/mol. The van der Waals surface area contributed by atoms with Crippen molar-refractivity contribution < 1.29 is 0 Å². The van der Waals surface area contributed by atoms with Gasteiger partial charge in [0.25, 0.3) is 0 Å². The molecule has 20 heavy (non-hydrogen) atoms. The molecule has 3 nitrogen and oxygen atoms in total. The van der Waals surface area contributed by atoms with Gasteiger partial charge in [-0.2, -0.15) is 0 Å². The lowest BCUT2D eigenvalue weighted by Crippen LogP contribution is -2.45. The number of hydrogen-bond donors (Lipinski definition) is 1. The van der Waals surface area contributed by atoms with E-state index in [1.807, 2.05) is 0 Å². The zero-order valence-corrected chi connectivity index (χ0v) is 12.6. The minimum absolute atomic E-state index is 0.659. The lowest BCUT2D eigenvalue weighted by Gasteiger charge is -2.35. The third-order valence-corrected chi connectivity index (χ3v) is 4.60. The van der Waals surface area contributed by atoms with E-state index < -0.39 is 0 Å². The summed E-state index contributed by atoms with van der Waals surface area (Å²) >= 11 is 0. The third kappa shape index (κ3) is 3.09. The predicted molar refractivity (Wildman–Crippen MR) is 86.8 cm³/mol. The van der Waals surface area contributed by atoms with Crippen LogP contribution in [-0.2, 0) is 0 Å². The highest BCUT2D eigenvalue weighted by Crippen LogP contribution is 2.25. The van der Waals surface area contributed by atoms with Crippen molar-refractivity contribution in [3.8, 4) is 0 Å². The van der Waals surface area contributed by atoms with Gasteiger partial charge in [-0.15, -0.1) is 0 Å². The number of benzene rings is 1. The molecule has 2 saturated heterocycles. The lowest BCUT2D eigenvalue weighted by atomic mass is 10.0. The molecule has 0 radical (unpaired) electrons. The minimum atomic E-state index is 0.659. The first-order chi connectivity index (χ1) is 9.86. The van der Waals surface area contributed by atoms with Gasteiger partial charge in [0.1, 0.15) is 0 Å². The summed E-state index contributed by atoms with van der Waals surface area (Å²) in [5.74, 6) is 0. The molecule has 2 aliphatic heterocycles. The summed E-state index contributed by atoms with van der Waals surface area (Å²) in [5, 5.41) is 3.59. The highest BCUT2D eigenvalue weighted by Gasteiger charge is 2.19. The van der Waals surface area contributed by atoms with Gasteiger partial charge in [-0.25, -0.2) is 0 Å². The highest BCUT2D eigenvalue weighted by molar-refractivity contribution is 5.57. The Bertz CT molecular complexity index is 407. The Morgan fingerprint density at radius 1 is 0.950 bits per heavy atom. The standard InChI is InChI=1S/C17H27N3/c1-2-18-15-6-5-13-20(14-15)17-9-7-16(8-10-17)19-11-3-4-12-19/h7-10,15,18H,2-6,11-14H2,1H3. The molecule has 0 saturated carbocycles. The van der Waals surface area contributed by atoms with Crippen LogP contribution >= 0.6 is 0 Å². The molecular formula is C17H27N3. The molecule has 2 heterocycles. The molecule has 2 aliphatic rings. The van der Waals surface area contributed by atoms with Crippen LogP contribution in [0, 0.1) is 0 Å². The normalized spacial score (nSPS) is 23.4. The largest absolute Gasteiger partial charge is 0.372 e. The molecular weight excluding hydrogens is 246 g/mol. The van der Waals surface area contributed by atoms with Gasteiger partial charge < -0.3 is 15.1 Å². The molecule has 2 fully saturated rings. The van der Waals surface area contributed by atoms with Gasteiger partial charge in [0.05, 0.1) is 0 Å². The van der Waals surface area contributed by atoms with E-state index in [1.165, 1.54) is 56.7 Å². The molecule has 1 N–H and O–H groups in total. The quantitative estimate of drug-likeness (QED) is 0.910. The van der Waals surface area contributed by atoms with Crippen molar-refractivity contribution in [2.24, 2.45) is 0 Å². The molecule has 110 valence electrons. The van der Waals surface area contributed by atoms with Crippen molar-refractivity contribution in [1.82, 2.24) is 5.32 Å². The maximum Gasteiger partial charge on any atom is 0.0368 e. The van der Waals surface area contributed by atoms with Crippen LogP contribution in [-0.4, -0.2) is 38.8 Å². The molecule has 1 aromatic carbocycles. The third-order valence-electron chi connectivity index (χ3n) is 4.60.